The van der Waals surface area contributed by atoms with Crippen molar-refractivity contribution in [1.82, 2.24) is 14.9 Å². The Morgan fingerprint density at radius 3 is 3.08 bits per heavy atom. The lowest BCUT2D eigenvalue weighted by atomic mass is 9.98. The molecule has 0 aliphatic carbocycles. The van der Waals surface area contributed by atoms with Crippen molar-refractivity contribution in [2.45, 2.75) is 19.3 Å². The number of aromatic nitrogens is 2. The van der Waals surface area contributed by atoms with E-state index in [4.69, 9.17) is 4.74 Å². The molecule has 0 saturated carbocycles. The average molecular weight is 360 g/mol. The van der Waals surface area contributed by atoms with Gasteiger partial charge in [0.2, 0.25) is 0 Å². The molecule has 134 valence electrons. The zero-order valence-electron chi connectivity index (χ0n) is 14.5. The summed E-state index contributed by atoms with van der Waals surface area (Å²) in [6.45, 7) is 3.07. The lowest BCUT2D eigenvalue weighted by Gasteiger charge is -2.32. The highest BCUT2D eigenvalue weighted by Crippen LogP contribution is 2.19. The Bertz CT molecular complexity index is 658. The van der Waals surface area contributed by atoms with Crippen molar-refractivity contribution in [3.05, 3.63) is 40.5 Å². The van der Waals surface area contributed by atoms with Gasteiger partial charge in [-0.1, -0.05) is 0 Å². The number of piperidine rings is 1. The quantitative estimate of drug-likeness (QED) is 0.822. The molecule has 3 rings (SSSR count). The third-order valence-corrected chi connectivity index (χ3v) is 5.19. The molecular formula is C18H24N4O2S. The summed E-state index contributed by atoms with van der Waals surface area (Å²) >= 11 is 1.65. The van der Waals surface area contributed by atoms with E-state index < -0.39 is 0 Å². The number of hydrogen-bond donors (Lipinski definition) is 1. The average Bonchev–Trinajstić information content (AvgIpc) is 3.16. The summed E-state index contributed by atoms with van der Waals surface area (Å²) < 4.78 is 5.23. The number of likely N-dealkylation sites (tertiary alicyclic amines) is 1. The van der Waals surface area contributed by atoms with Crippen molar-refractivity contribution in [2.24, 2.45) is 5.92 Å². The highest BCUT2D eigenvalue weighted by Gasteiger charge is 2.24. The van der Waals surface area contributed by atoms with Gasteiger partial charge in [0.1, 0.15) is 5.82 Å². The number of amides is 1. The molecule has 0 bridgehead atoms. The number of hydrogen-bond acceptors (Lipinski definition) is 6. The molecule has 3 heterocycles. The fraction of sp³-hybridized carbons (Fsp3) is 0.500. The van der Waals surface area contributed by atoms with Crippen LogP contribution in [0, 0.1) is 5.92 Å². The van der Waals surface area contributed by atoms with Gasteiger partial charge in [-0.2, -0.15) is 0 Å². The third-order valence-electron chi connectivity index (χ3n) is 4.35. The van der Waals surface area contributed by atoms with Gasteiger partial charge in [-0.25, -0.2) is 9.97 Å². The van der Waals surface area contributed by atoms with Crippen LogP contribution in [0.15, 0.2) is 29.9 Å². The van der Waals surface area contributed by atoms with Gasteiger partial charge >= 0.3 is 0 Å². The maximum atomic E-state index is 12.6. The summed E-state index contributed by atoms with van der Waals surface area (Å²) in [6.07, 6.45) is 6.50. The Hall–Kier alpha value is -1.99. The van der Waals surface area contributed by atoms with Gasteiger partial charge in [-0.05, 0) is 30.9 Å². The maximum Gasteiger partial charge on any atom is 0.255 e. The first-order chi connectivity index (χ1) is 12.3. The second kappa shape index (κ2) is 8.92. The summed E-state index contributed by atoms with van der Waals surface area (Å²) in [7, 11) is 1.71. The van der Waals surface area contributed by atoms with Crippen LogP contribution >= 0.6 is 11.3 Å². The second-order valence-electron chi connectivity index (χ2n) is 6.25. The monoisotopic (exact) mass is 360 g/mol. The molecule has 1 amide bonds. The molecule has 1 aliphatic rings. The van der Waals surface area contributed by atoms with E-state index in [0.29, 0.717) is 18.1 Å². The van der Waals surface area contributed by atoms with Crippen molar-refractivity contribution in [2.75, 3.05) is 38.7 Å². The van der Waals surface area contributed by atoms with Crippen LogP contribution in [-0.4, -0.2) is 54.1 Å². The van der Waals surface area contributed by atoms with Crippen molar-refractivity contribution in [3.63, 3.8) is 0 Å². The van der Waals surface area contributed by atoms with Crippen molar-refractivity contribution >= 4 is 23.1 Å². The fourth-order valence-electron chi connectivity index (χ4n) is 3.10. The molecule has 1 aliphatic heterocycles. The van der Waals surface area contributed by atoms with Crippen LogP contribution < -0.4 is 5.32 Å². The minimum absolute atomic E-state index is 0.0580. The molecule has 1 saturated heterocycles. The SMILES string of the molecule is COCC1CCCN(C(=O)c2ccc(NCCc3nccs3)nc2)C1. The van der Waals surface area contributed by atoms with Gasteiger partial charge in [0.15, 0.2) is 0 Å². The lowest BCUT2D eigenvalue weighted by Crippen LogP contribution is -2.41. The normalized spacial score (nSPS) is 17.5. The molecule has 0 spiro atoms. The first-order valence-corrected chi connectivity index (χ1v) is 9.50. The van der Waals surface area contributed by atoms with Crippen molar-refractivity contribution in [3.8, 4) is 0 Å². The van der Waals surface area contributed by atoms with E-state index in [1.807, 2.05) is 28.6 Å². The van der Waals surface area contributed by atoms with E-state index in [2.05, 4.69) is 15.3 Å². The topological polar surface area (TPSA) is 67.3 Å². The Morgan fingerprint density at radius 1 is 1.44 bits per heavy atom. The van der Waals surface area contributed by atoms with E-state index >= 15 is 0 Å². The number of methoxy groups -OCH3 is 1. The number of anilines is 1. The second-order valence-corrected chi connectivity index (χ2v) is 7.23. The predicted octanol–water partition coefficient (Wildman–Crippen LogP) is 2.69. The van der Waals surface area contributed by atoms with Gasteiger partial charge in [-0.3, -0.25) is 4.79 Å². The van der Waals surface area contributed by atoms with Gasteiger partial charge in [-0.15, -0.1) is 11.3 Å². The minimum Gasteiger partial charge on any atom is -0.384 e. The van der Waals surface area contributed by atoms with Crippen LogP contribution in [-0.2, 0) is 11.2 Å². The van der Waals surface area contributed by atoms with Gasteiger partial charge < -0.3 is 15.0 Å². The van der Waals surface area contributed by atoms with Crippen LogP contribution in [0.4, 0.5) is 5.82 Å². The summed E-state index contributed by atoms with van der Waals surface area (Å²) in [6, 6.07) is 3.71. The Labute approximate surface area is 152 Å². The number of rotatable bonds is 7. The molecule has 1 unspecified atom stereocenters. The van der Waals surface area contributed by atoms with Crippen LogP contribution in [0.1, 0.15) is 28.2 Å². The number of carbonyl (C=O) groups excluding carboxylic acids is 1. The minimum atomic E-state index is 0.0580. The molecule has 1 N–H and O–H groups in total. The van der Waals surface area contributed by atoms with E-state index in [1.165, 1.54) is 0 Å². The predicted molar refractivity (Wildman–Crippen MR) is 99.0 cm³/mol. The van der Waals surface area contributed by atoms with E-state index in [1.54, 1.807) is 24.6 Å². The first-order valence-electron chi connectivity index (χ1n) is 8.63. The Morgan fingerprint density at radius 2 is 2.36 bits per heavy atom. The number of nitrogens with zero attached hydrogens (tertiary/aromatic N) is 3. The van der Waals surface area contributed by atoms with E-state index in [9.17, 15) is 4.79 Å². The fourth-order valence-corrected chi connectivity index (χ4v) is 3.72. The number of pyridine rings is 1. The van der Waals surface area contributed by atoms with Crippen molar-refractivity contribution < 1.29 is 9.53 Å². The zero-order chi connectivity index (χ0) is 17.5. The van der Waals surface area contributed by atoms with Gasteiger partial charge in [0.05, 0.1) is 17.2 Å². The van der Waals surface area contributed by atoms with Gasteiger partial charge in [0.25, 0.3) is 5.91 Å². The third kappa shape index (κ3) is 4.99. The summed E-state index contributed by atoms with van der Waals surface area (Å²) in [4.78, 5) is 23.2. The molecule has 0 aromatic carbocycles. The molecule has 2 aromatic heterocycles. The number of thiazole rings is 1. The smallest absolute Gasteiger partial charge is 0.255 e. The molecule has 1 fully saturated rings. The van der Waals surface area contributed by atoms with Crippen molar-refractivity contribution in [1.29, 1.82) is 0 Å². The Kier molecular flexibility index (Phi) is 6.36. The van der Waals surface area contributed by atoms with Crippen LogP contribution in [0.25, 0.3) is 0 Å². The molecule has 2 aromatic rings. The van der Waals surface area contributed by atoms with E-state index in [-0.39, 0.29) is 5.91 Å². The first kappa shape index (κ1) is 17.8. The zero-order valence-corrected chi connectivity index (χ0v) is 15.3. The van der Waals surface area contributed by atoms with Crippen LogP contribution in [0.3, 0.4) is 0 Å². The van der Waals surface area contributed by atoms with E-state index in [0.717, 1.165) is 49.7 Å². The number of ether oxygens (including phenoxy) is 1. The highest BCUT2D eigenvalue weighted by molar-refractivity contribution is 7.09. The lowest BCUT2D eigenvalue weighted by molar-refractivity contribution is 0.0570. The molecular weight excluding hydrogens is 336 g/mol. The van der Waals surface area contributed by atoms with Crippen LogP contribution in [0.2, 0.25) is 0 Å². The maximum absolute atomic E-state index is 12.6. The summed E-state index contributed by atoms with van der Waals surface area (Å²) in [5, 5.41) is 6.35. The summed E-state index contributed by atoms with van der Waals surface area (Å²) in [5.74, 6) is 1.27. The summed E-state index contributed by atoms with van der Waals surface area (Å²) in [5.41, 5.74) is 0.642. The molecule has 0 radical (unpaired) electrons. The molecule has 1 atom stereocenters. The largest absolute Gasteiger partial charge is 0.384 e. The highest BCUT2D eigenvalue weighted by atomic mass is 32.1. The molecule has 6 nitrogen and oxygen atoms in total. The van der Waals surface area contributed by atoms with Crippen LogP contribution in [0.5, 0.6) is 0 Å². The number of carbonyl (C=O) groups is 1. The standard InChI is InChI=1S/C18H24N4O2S/c1-24-13-14-3-2-9-22(12-14)18(23)15-4-5-16(21-11-15)19-7-6-17-20-8-10-25-17/h4-5,8,10-11,14H,2-3,6-7,9,12-13H2,1H3,(H,19,21). The number of nitrogens with one attached hydrogen (secondary N) is 1. The Balaban J connectivity index is 1.51. The molecule has 25 heavy (non-hydrogen) atoms. The molecule has 7 heteroatoms. The van der Waals surface area contributed by atoms with Gasteiger partial charge in [0, 0.05) is 50.9 Å².